The summed E-state index contributed by atoms with van der Waals surface area (Å²) in [4.78, 5) is 13.4. The quantitative estimate of drug-likeness (QED) is 0.727. The van der Waals surface area contributed by atoms with Crippen LogP contribution in [0.4, 0.5) is 0 Å². The second kappa shape index (κ2) is 4.47. The van der Waals surface area contributed by atoms with Crippen LogP contribution in [0.15, 0.2) is 18.2 Å². The molecule has 2 heteroatoms. The fourth-order valence-electron chi connectivity index (χ4n) is 1.53. The van der Waals surface area contributed by atoms with Gasteiger partial charge in [0, 0.05) is 19.7 Å². The molecule has 1 aromatic rings. The van der Waals surface area contributed by atoms with Crippen LogP contribution in [0.2, 0.25) is 0 Å². The molecule has 0 fully saturated rings. The van der Waals surface area contributed by atoms with Gasteiger partial charge in [-0.1, -0.05) is 26.0 Å². The number of nitrogens with zero attached hydrogens (tertiary/aromatic N) is 1. The van der Waals surface area contributed by atoms with Gasteiger partial charge in [0.05, 0.1) is 0 Å². The third-order valence-electron chi connectivity index (χ3n) is 2.55. The van der Waals surface area contributed by atoms with Crippen molar-refractivity contribution in [2.45, 2.75) is 26.7 Å². The molecule has 0 bridgehead atoms. The van der Waals surface area contributed by atoms with Crippen molar-refractivity contribution in [2.75, 3.05) is 14.1 Å². The van der Waals surface area contributed by atoms with Crippen LogP contribution in [0.3, 0.4) is 0 Å². The minimum absolute atomic E-state index is 0.0720. The predicted molar refractivity (Wildman–Crippen MR) is 63.3 cm³/mol. The summed E-state index contributed by atoms with van der Waals surface area (Å²) in [5, 5.41) is 0. The summed E-state index contributed by atoms with van der Waals surface area (Å²) in [7, 11) is 3.55. The van der Waals surface area contributed by atoms with E-state index in [4.69, 9.17) is 0 Å². The van der Waals surface area contributed by atoms with Crippen LogP contribution in [-0.4, -0.2) is 24.9 Å². The van der Waals surface area contributed by atoms with E-state index in [1.54, 1.807) is 19.0 Å². The zero-order valence-corrected chi connectivity index (χ0v) is 10.2. The SMILES string of the molecule is Cc1cc(C(C)C)ccc1C(=O)N(C)C. The number of carbonyl (C=O) groups excluding carboxylic acids is 1. The lowest BCUT2D eigenvalue weighted by atomic mass is 9.97. The van der Waals surface area contributed by atoms with Crippen molar-refractivity contribution in [1.82, 2.24) is 4.90 Å². The Morgan fingerprint density at radius 3 is 2.27 bits per heavy atom. The first kappa shape index (κ1) is 11.8. The lowest BCUT2D eigenvalue weighted by molar-refractivity contribution is 0.0827. The molecule has 1 aromatic carbocycles. The first-order chi connectivity index (χ1) is 6.93. The van der Waals surface area contributed by atoms with Crippen LogP contribution in [0.1, 0.15) is 41.3 Å². The number of hydrogen-bond acceptors (Lipinski definition) is 1. The van der Waals surface area contributed by atoms with Crippen molar-refractivity contribution in [1.29, 1.82) is 0 Å². The molecule has 0 saturated heterocycles. The summed E-state index contributed by atoms with van der Waals surface area (Å²) in [5.74, 6) is 0.579. The average Bonchev–Trinajstić information content (AvgIpc) is 2.16. The van der Waals surface area contributed by atoms with E-state index in [2.05, 4.69) is 19.9 Å². The van der Waals surface area contributed by atoms with Gasteiger partial charge in [-0.15, -0.1) is 0 Å². The van der Waals surface area contributed by atoms with Crippen LogP contribution in [0.25, 0.3) is 0 Å². The van der Waals surface area contributed by atoms with E-state index < -0.39 is 0 Å². The van der Waals surface area contributed by atoms with Crippen LogP contribution < -0.4 is 0 Å². The molecule has 0 saturated carbocycles. The molecule has 0 unspecified atom stereocenters. The van der Waals surface area contributed by atoms with Gasteiger partial charge < -0.3 is 4.90 Å². The molecule has 0 radical (unpaired) electrons. The molecule has 0 aliphatic carbocycles. The van der Waals surface area contributed by atoms with Gasteiger partial charge in [0.25, 0.3) is 5.91 Å². The topological polar surface area (TPSA) is 20.3 Å². The van der Waals surface area contributed by atoms with Crippen molar-refractivity contribution in [2.24, 2.45) is 0 Å². The fourth-order valence-corrected chi connectivity index (χ4v) is 1.53. The molecule has 0 atom stereocenters. The number of rotatable bonds is 2. The highest BCUT2D eigenvalue weighted by molar-refractivity contribution is 5.95. The zero-order chi connectivity index (χ0) is 11.6. The lowest BCUT2D eigenvalue weighted by Gasteiger charge is -2.14. The molecule has 0 aliphatic heterocycles. The second-order valence-corrected chi connectivity index (χ2v) is 4.43. The zero-order valence-electron chi connectivity index (χ0n) is 10.2. The van der Waals surface area contributed by atoms with Gasteiger partial charge >= 0.3 is 0 Å². The third-order valence-corrected chi connectivity index (χ3v) is 2.55. The lowest BCUT2D eigenvalue weighted by Crippen LogP contribution is -2.22. The van der Waals surface area contributed by atoms with Crippen LogP contribution in [0.5, 0.6) is 0 Å². The molecule has 15 heavy (non-hydrogen) atoms. The average molecular weight is 205 g/mol. The van der Waals surface area contributed by atoms with E-state index in [9.17, 15) is 4.79 Å². The first-order valence-electron chi connectivity index (χ1n) is 5.25. The summed E-state index contributed by atoms with van der Waals surface area (Å²) in [5.41, 5.74) is 3.13. The minimum Gasteiger partial charge on any atom is -0.345 e. The van der Waals surface area contributed by atoms with Gasteiger partial charge in [0.15, 0.2) is 0 Å². The van der Waals surface area contributed by atoms with E-state index in [-0.39, 0.29) is 5.91 Å². The Morgan fingerprint density at radius 1 is 1.27 bits per heavy atom. The van der Waals surface area contributed by atoms with Gasteiger partial charge in [0.1, 0.15) is 0 Å². The van der Waals surface area contributed by atoms with Gasteiger partial charge in [-0.3, -0.25) is 4.79 Å². The highest BCUT2D eigenvalue weighted by Gasteiger charge is 2.11. The van der Waals surface area contributed by atoms with Gasteiger partial charge in [0.2, 0.25) is 0 Å². The molecule has 2 nitrogen and oxygen atoms in total. The van der Waals surface area contributed by atoms with E-state index in [0.717, 1.165) is 11.1 Å². The fraction of sp³-hybridized carbons (Fsp3) is 0.462. The maximum absolute atomic E-state index is 11.8. The first-order valence-corrected chi connectivity index (χ1v) is 5.25. The smallest absolute Gasteiger partial charge is 0.253 e. The van der Waals surface area contributed by atoms with Crippen LogP contribution >= 0.6 is 0 Å². The van der Waals surface area contributed by atoms with Crippen LogP contribution in [-0.2, 0) is 0 Å². The minimum atomic E-state index is 0.0720. The third kappa shape index (κ3) is 2.58. The van der Waals surface area contributed by atoms with Crippen LogP contribution in [0, 0.1) is 6.92 Å². The molecule has 1 amide bonds. The van der Waals surface area contributed by atoms with Crippen molar-refractivity contribution in [3.63, 3.8) is 0 Å². The standard InChI is InChI=1S/C13H19NO/c1-9(2)11-6-7-12(10(3)8-11)13(15)14(4)5/h6-9H,1-5H3. The molecule has 0 heterocycles. The summed E-state index contributed by atoms with van der Waals surface area (Å²) < 4.78 is 0. The molecule has 0 aromatic heterocycles. The highest BCUT2D eigenvalue weighted by Crippen LogP contribution is 2.19. The molecule has 0 spiro atoms. The van der Waals surface area contributed by atoms with Crippen molar-refractivity contribution < 1.29 is 4.79 Å². The number of amides is 1. The Bertz CT molecular complexity index is 367. The summed E-state index contributed by atoms with van der Waals surface area (Å²) in [6.45, 7) is 6.30. The molecule has 82 valence electrons. The number of benzene rings is 1. The van der Waals surface area contributed by atoms with E-state index >= 15 is 0 Å². The van der Waals surface area contributed by atoms with Crippen molar-refractivity contribution in [3.05, 3.63) is 34.9 Å². The number of aryl methyl sites for hydroxylation is 1. The predicted octanol–water partition coefficient (Wildman–Crippen LogP) is 2.82. The maximum atomic E-state index is 11.8. The van der Waals surface area contributed by atoms with Gasteiger partial charge in [-0.05, 0) is 30.0 Å². The van der Waals surface area contributed by atoms with E-state index in [1.807, 2.05) is 19.1 Å². The Labute approximate surface area is 91.9 Å². The van der Waals surface area contributed by atoms with Crippen molar-refractivity contribution in [3.8, 4) is 0 Å². The van der Waals surface area contributed by atoms with Gasteiger partial charge in [-0.2, -0.15) is 0 Å². The van der Waals surface area contributed by atoms with Gasteiger partial charge in [-0.25, -0.2) is 0 Å². The molecule has 0 aliphatic rings. The van der Waals surface area contributed by atoms with E-state index in [1.165, 1.54) is 5.56 Å². The largest absolute Gasteiger partial charge is 0.345 e. The number of carbonyl (C=O) groups is 1. The summed E-state index contributed by atoms with van der Waals surface area (Å²) >= 11 is 0. The van der Waals surface area contributed by atoms with E-state index in [0.29, 0.717) is 5.92 Å². The number of hydrogen-bond donors (Lipinski definition) is 0. The second-order valence-electron chi connectivity index (χ2n) is 4.43. The van der Waals surface area contributed by atoms with Crippen molar-refractivity contribution >= 4 is 5.91 Å². The summed E-state index contributed by atoms with van der Waals surface area (Å²) in [6, 6.07) is 6.06. The highest BCUT2D eigenvalue weighted by atomic mass is 16.2. The normalized spacial score (nSPS) is 10.5. The Balaban J connectivity index is 3.08. The molecular weight excluding hydrogens is 186 g/mol. The summed E-state index contributed by atoms with van der Waals surface area (Å²) in [6.07, 6.45) is 0. The Hall–Kier alpha value is -1.31. The molecule has 1 rings (SSSR count). The Kier molecular flexibility index (Phi) is 3.51. The Morgan fingerprint density at radius 2 is 1.87 bits per heavy atom. The molecular formula is C13H19NO. The maximum Gasteiger partial charge on any atom is 0.253 e. The molecule has 0 N–H and O–H groups in total. The monoisotopic (exact) mass is 205 g/mol.